The lowest BCUT2D eigenvalue weighted by Crippen LogP contribution is -2.33. The molecule has 4 rings (SSSR count). The summed E-state index contributed by atoms with van der Waals surface area (Å²) in [5.41, 5.74) is 4.25. The van der Waals surface area contributed by atoms with Gasteiger partial charge in [-0.1, -0.05) is 46.3 Å². The Morgan fingerprint density at radius 3 is 2.62 bits per heavy atom. The fraction of sp³-hybridized carbons (Fsp3) is 0.143. The maximum absolute atomic E-state index is 12.5. The molecule has 1 aliphatic heterocycles. The lowest BCUT2D eigenvalue weighted by Gasteiger charge is -2.30. The SMILES string of the molecule is O=C1CN(Cc2ccncc2)C(c2ccccc2)c2cc(Br)ccc2N1. The van der Waals surface area contributed by atoms with E-state index in [9.17, 15) is 4.79 Å². The number of aromatic nitrogens is 1. The summed E-state index contributed by atoms with van der Waals surface area (Å²) >= 11 is 3.58. The Hall–Kier alpha value is -2.50. The van der Waals surface area contributed by atoms with Crippen molar-refractivity contribution in [3.63, 3.8) is 0 Å². The van der Waals surface area contributed by atoms with Crippen LogP contribution in [0.2, 0.25) is 0 Å². The highest BCUT2D eigenvalue weighted by atomic mass is 79.9. The van der Waals surface area contributed by atoms with Crippen molar-refractivity contribution in [2.24, 2.45) is 0 Å². The number of fused-ring (bicyclic) bond motifs is 1. The number of carbonyl (C=O) groups excluding carboxylic acids is 1. The molecule has 1 N–H and O–H groups in total. The van der Waals surface area contributed by atoms with Crippen molar-refractivity contribution in [1.29, 1.82) is 0 Å². The van der Waals surface area contributed by atoms with Crippen LogP contribution in [0.3, 0.4) is 0 Å². The quantitative estimate of drug-likeness (QED) is 0.700. The zero-order valence-electron chi connectivity index (χ0n) is 14.1. The molecule has 130 valence electrons. The molecular formula is C21H18BrN3O. The van der Waals surface area contributed by atoms with E-state index in [4.69, 9.17) is 0 Å². The number of carbonyl (C=O) groups is 1. The summed E-state index contributed by atoms with van der Waals surface area (Å²) in [6.07, 6.45) is 3.57. The number of hydrogen-bond donors (Lipinski definition) is 1. The Morgan fingerprint density at radius 1 is 1.08 bits per heavy atom. The molecule has 2 aromatic carbocycles. The van der Waals surface area contributed by atoms with E-state index < -0.39 is 0 Å². The molecule has 4 nitrogen and oxygen atoms in total. The van der Waals surface area contributed by atoms with Crippen LogP contribution < -0.4 is 5.32 Å². The minimum Gasteiger partial charge on any atom is -0.325 e. The molecule has 26 heavy (non-hydrogen) atoms. The first-order valence-corrected chi connectivity index (χ1v) is 9.27. The fourth-order valence-electron chi connectivity index (χ4n) is 3.43. The van der Waals surface area contributed by atoms with Gasteiger partial charge in [-0.05, 0) is 47.0 Å². The molecule has 1 atom stereocenters. The van der Waals surface area contributed by atoms with Crippen molar-refractivity contribution in [1.82, 2.24) is 9.88 Å². The van der Waals surface area contributed by atoms with Crippen LogP contribution in [-0.2, 0) is 11.3 Å². The highest BCUT2D eigenvalue weighted by Crippen LogP contribution is 2.37. The lowest BCUT2D eigenvalue weighted by atomic mass is 9.95. The molecule has 1 unspecified atom stereocenters. The van der Waals surface area contributed by atoms with E-state index in [1.807, 2.05) is 42.5 Å². The summed E-state index contributed by atoms with van der Waals surface area (Å²) in [4.78, 5) is 18.8. The Labute approximate surface area is 161 Å². The minimum atomic E-state index is -0.0178. The second-order valence-electron chi connectivity index (χ2n) is 6.35. The van der Waals surface area contributed by atoms with Crippen LogP contribution >= 0.6 is 15.9 Å². The van der Waals surface area contributed by atoms with Gasteiger partial charge in [0.1, 0.15) is 0 Å². The largest absolute Gasteiger partial charge is 0.325 e. The van der Waals surface area contributed by atoms with Crippen LogP contribution in [0.4, 0.5) is 5.69 Å². The standard InChI is InChI=1S/C21H18BrN3O/c22-17-6-7-19-18(12-17)21(16-4-2-1-3-5-16)25(14-20(26)24-19)13-15-8-10-23-11-9-15/h1-12,21H,13-14H2,(H,24,26). The van der Waals surface area contributed by atoms with Crippen molar-refractivity contribution >= 4 is 27.5 Å². The van der Waals surface area contributed by atoms with Crippen LogP contribution in [-0.4, -0.2) is 22.3 Å². The highest BCUT2D eigenvalue weighted by molar-refractivity contribution is 9.10. The molecule has 3 aromatic rings. The Bertz CT molecular complexity index is 915. The minimum absolute atomic E-state index is 0.000981. The number of nitrogens with one attached hydrogen (secondary N) is 1. The van der Waals surface area contributed by atoms with Crippen molar-refractivity contribution in [3.05, 3.63) is 94.2 Å². The van der Waals surface area contributed by atoms with Crippen LogP contribution in [0.5, 0.6) is 0 Å². The summed E-state index contributed by atoms with van der Waals surface area (Å²) in [6, 6.07) is 20.3. The van der Waals surface area contributed by atoms with Gasteiger partial charge in [0.2, 0.25) is 5.91 Å². The van der Waals surface area contributed by atoms with Crippen LogP contribution in [0, 0.1) is 0 Å². The maximum atomic E-state index is 12.5. The van der Waals surface area contributed by atoms with Gasteiger partial charge in [-0.2, -0.15) is 0 Å². The molecule has 5 heteroatoms. The first kappa shape index (κ1) is 16.9. The van der Waals surface area contributed by atoms with E-state index in [1.54, 1.807) is 12.4 Å². The molecular weight excluding hydrogens is 390 g/mol. The number of pyridine rings is 1. The number of hydrogen-bond acceptors (Lipinski definition) is 3. The normalized spacial score (nSPS) is 17.3. The topological polar surface area (TPSA) is 45.2 Å². The number of amides is 1. The highest BCUT2D eigenvalue weighted by Gasteiger charge is 2.30. The Kier molecular flexibility index (Phi) is 4.82. The second kappa shape index (κ2) is 7.40. The van der Waals surface area contributed by atoms with Crippen molar-refractivity contribution in [2.75, 3.05) is 11.9 Å². The smallest absolute Gasteiger partial charge is 0.238 e. The van der Waals surface area contributed by atoms with Gasteiger partial charge in [0.25, 0.3) is 0 Å². The molecule has 0 saturated carbocycles. The van der Waals surface area contributed by atoms with E-state index in [0.717, 1.165) is 26.9 Å². The summed E-state index contributed by atoms with van der Waals surface area (Å²) in [6.45, 7) is 0.996. The number of halogens is 1. The molecule has 1 aromatic heterocycles. The van der Waals surface area contributed by atoms with Crippen LogP contribution in [0.15, 0.2) is 77.5 Å². The lowest BCUT2D eigenvalue weighted by molar-refractivity contribution is -0.117. The molecule has 0 radical (unpaired) electrons. The van der Waals surface area contributed by atoms with Gasteiger partial charge < -0.3 is 5.32 Å². The number of nitrogens with zero attached hydrogens (tertiary/aromatic N) is 2. The molecule has 2 heterocycles. The third-order valence-corrected chi connectivity index (χ3v) is 5.04. The van der Waals surface area contributed by atoms with Crippen molar-refractivity contribution < 1.29 is 4.79 Å². The van der Waals surface area contributed by atoms with Crippen LogP contribution in [0.25, 0.3) is 0 Å². The zero-order chi connectivity index (χ0) is 17.9. The van der Waals surface area contributed by atoms with Gasteiger partial charge >= 0.3 is 0 Å². The molecule has 0 aliphatic carbocycles. The second-order valence-corrected chi connectivity index (χ2v) is 7.27. The van der Waals surface area contributed by atoms with E-state index in [-0.39, 0.29) is 11.9 Å². The van der Waals surface area contributed by atoms with Gasteiger partial charge in [-0.25, -0.2) is 0 Å². The van der Waals surface area contributed by atoms with Gasteiger partial charge in [0.05, 0.1) is 12.6 Å². The summed E-state index contributed by atoms with van der Waals surface area (Å²) in [5.74, 6) is 0.000981. The summed E-state index contributed by atoms with van der Waals surface area (Å²) in [7, 11) is 0. The summed E-state index contributed by atoms with van der Waals surface area (Å²) in [5, 5.41) is 3.05. The number of rotatable bonds is 3. The third-order valence-electron chi connectivity index (χ3n) is 4.54. The first-order valence-electron chi connectivity index (χ1n) is 8.48. The monoisotopic (exact) mass is 407 g/mol. The Balaban J connectivity index is 1.83. The average Bonchev–Trinajstić information content (AvgIpc) is 2.78. The molecule has 0 spiro atoms. The zero-order valence-corrected chi connectivity index (χ0v) is 15.7. The molecule has 0 fully saturated rings. The molecule has 1 aliphatic rings. The number of benzene rings is 2. The fourth-order valence-corrected chi connectivity index (χ4v) is 3.81. The Morgan fingerprint density at radius 2 is 1.85 bits per heavy atom. The van der Waals surface area contributed by atoms with E-state index in [1.165, 1.54) is 0 Å². The van der Waals surface area contributed by atoms with E-state index in [2.05, 4.69) is 49.3 Å². The predicted octanol–water partition coefficient (Wildman–Crippen LogP) is 4.39. The average molecular weight is 408 g/mol. The molecule has 0 bridgehead atoms. The van der Waals surface area contributed by atoms with E-state index >= 15 is 0 Å². The van der Waals surface area contributed by atoms with Crippen molar-refractivity contribution in [3.8, 4) is 0 Å². The number of anilines is 1. The maximum Gasteiger partial charge on any atom is 0.238 e. The molecule has 0 saturated heterocycles. The van der Waals surface area contributed by atoms with Gasteiger partial charge in [-0.3, -0.25) is 14.7 Å². The van der Waals surface area contributed by atoms with Crippen molar-refractivity contribution in [2.45, 2.75) is 12.6 Å². The summed E-state index contributed by atoms with van der Waals surface area (Å²) < 4.78 is 0.997. The van der Waals surface area contributed by atoms with Gasteiger partial charge in [0, 0.05) is 29.1 Å². The van der Waals surface area contributed by atoms with Gasteiger partial charge in [-0.15, -0.1) is 0 Å². The van der Waals surface area contributed by atoms with Gasteiger partial charge in [0.15, 0.2) is 0 Å². The molecule has 1 amide bonds. The van der Waals surface area contributed by atoms with Crippen LogP contribution in [0.1, 0.15) is 22.7 Å². The predicted molar refractivity (Wildman–Crippen MR) is 106 cm³/mol. The third kappa shape index (κ3) is 3.54. The first-order chi connectivity index (χ1) is 12.7. The van der Waals surface area contributed by atoms with E-state index in [0.29, 0.717) is 13.1 Å².